The average molecular weight is 186 g/mol. The van der Waals surface area contributed by atoms with Crippen LogP contribution in [0.25, 0.3) is 0 Å². The molecule has 0 saturated heterocycles. The second kappa shape index (κ2) is 11.5. The van der Waals surface area contributed by atoms with Gasteiger partial charge < -0.3 is 10.2 Å². The standard InChI is InChI=1S/C10H22N2O/c1-2-3-4-5-8-12-9-6-7-10-13-11/h5,8,12H,2-4,6-7,9-11H2,1H3. The fourth-order valence-corrected chi connectivity index (χ4v) is 0.984. The maximum absolute atomic E-state index is 4.89. The minimum absolute atomic E-state index is 0.654. The Morgan fingerprint density at radius 2 is 2.15 bits per heavy atom. The largest absolute Gasteiger partial charge is 0.391 e. The van der Waals surface area contributed by atoms with E-state index in [-0.39, 0.29) is 0 Å². The van der Waals surface area contributed by atoms with E-state index in [1.54, 1.807) is 0 Å². The molecule has 13 heavy (non-hydrogen) atoms. The molecule has 0 aliphatic carbocycles. The summed E-state index contributed by atoms with van der Waals surface area (Å²) in [7, 11) is 0. The predicted molar refractivity (Wildman–Crippen MR) is 56.0 cm³/mol. The highest BCUT2D eigenvalue weighted by molar-refractivity contribution is 4.78. The van der Waals surface area contributed by atoms with Gasteiger partial charge in [0.2, 0.25) is 0 Å². The van der Waals surface area contributed by atoms with Gasteiger partial charge in [-0.15, -0.1) is 0 Å². The highest BCUT2D eigenvalue weighted by Gasteiger charge is 1.85. The first-order valence-electron chi connectivity index (χ1n) is 5.12. The summed E-state index contributed by atoms with van der Waals surface area (Å²) in [6.45, 7) is 3.86. The number of unbranched alkanes of at least 4 members (excludes halogenated alkanes) is 3. The van der Waals surface area contributed by atoms with E-state index in [2.05, 4.69) is 23.2 Å². The first-order valence-corrected chi connectivity index (χ1v) is 5.12. The second-order valence-electron chi connectivity index (χ2n) is 3.08. The predicted octanol–water partition coefficient (Wildman–Crippen LogP) is 1.95. The van der Waals surface area contributed by atoms with Crippen LogP contribution in [-0.2, 0) is 4.84 Å². The number of hydrogen-bond donors (Lipinski definition) is 2. The molecule has 78 valence electrons. The first kappa shape index (κ1) is 12.5. The molecular formula is C10H22N2O. The molecule has 0 rings (SSSR count). The molecule has 0 fully saturated rings. The molecular weight excluding hydrogens is 164 g/mol. The molecule has 0 spiro atoms. The molecule has 0 heterocycles. The molecule has 0 atom stereocenters. The van der Waals surface area contributed by atoms with Crippen molar-refractivity contribution < 1.29 is 4.84 Å². The van der Waals surface area contributed by atoms with Crippen LogP contribution >= 0.6 is 0 Å². The topological polar surface area (TPSA) is 47.3 Å². The van der Waals surface area contributed by atoms with Crippen LogP contribution in [0, 0.1) is 0 Å². The molecule has 0 saturated carbocycles. The van der Waals surface area contributed by atoms with Crippen LogP contribution in [0.15, 0.2) is 12.3 Å². The summed E-state index contributed by atoms with van der Waals surface area (Å²) in [6, 6.07) is 0. The molecule has 0 aliphatic heterocycles. The Bertz CT molecular complexity index is 115. The fourth-order valence-electron chi connectivity index (χ4n) is 0.984. The molecule has 0 unspecified atom stereocenters. The maximum atomic E-state index is 4.89. The molecule has 0 aliphatic rings. The molecule has 0 bridgehead atoms. The SMILES string of the molecule is CCCCC=CNCCCCON. The Hall–Kier alpha value is -0.540. The zero-order chi connectivity index (χ0) is 9.78. The van der Waals surface area contributed by atoms with Gasteiger partial charge >= 0.3 is 0 Å². The number of nitrogens with one attached hydrogen (secondary N) is 1. The highest BCUT2D eigenvalue weighted by Crippen LogP contribution is 1.93. The van der Waals surface area contributed by atoms with Crippen molar-refractivity contribution in [2.75, 3.05) is 13.2 Å². The van der Waals surface area contributed by atoms with Crippen molar-refractivity contribution in [1.29, 1.82) is 0 Å². The molecule has 0 radical (unpaired) electrons. The molecule has 3 N–H and O–H groups in total. The third-order valence-corrected chi connectivity index (χ3v) is 1.79. The van der Waals surface area contributed by atoms with Gasteiger partial charge in [-0.2, -0.15) is 0 Å². The Morgan fingerprint density at radius 1 is 1.31 bits per heavy atom. The van der Waals surface area contributed by atoms with Gasteiger partial charge in [-0.1, -0.05) is 25.8 Å². The molecule has 3 heteroatoms. The van der Waals surface area contributed by atoms with Crippen molar-refractivity contribution in [2.24, 2.45) is 5.90 Å². The summed E-state index contributed by atoms with van der Waals surface area (Å²) in [6.07, 6.45) is 10.1. The Labute approximate surface area is 81.3 Å². The van der Waals surface area contributed by atoms with Crippen LogP contribution in [0.1, 0.15) is 39.0 Å². The summed E-state index contributed by atoms with van der Waals surface area (Å²) in [5, 5.41) is 3.23. The van der Waals surface area contributed by atoms with Crippen LogP contribution in [-0.4, -0.2) is 13.2 Å². The van der Waals surface area contributed by atoms with Crippen molar-refractivity contribution in [3.8, 4) is 0 Å². The lowest BCUT2D eigenvalue weighted by atomic mass is 10.2. The van der Waals surface area contributed by atoms with Crippen LogP contribution in [0.5, 0.6) is 0 Å². The average Bonchev–Trinajstić information content (AvgIpc) is 2.16. The number of rotatable bonds is 9. The van der Waals surface area contributed by atoms with E-state index in [0.717, 1.165) is 19.4 Å². The van der Waals surface area contributed by atoms with E-state index in [1.807, 2.05) is 6.20 Å². The monoisotopic (exact) mass is 186 g/mol. The third kappa shape index (κ3) is 11.5. The second-order valence-corrected chi connectivity index (χ2v) is 3.08. The van der Waals surface area contributed by atoms with Crippen molar-refractivity contribution >= 4 is 0 Å². The Balaban J connectivity index is 2.93. The summed E-state index contributed by atoms with van der Waals surface area (Å²) < 4.78 is 0. The third-order valence-electron chi connectivity index (χ3n) is 1.79. The van der Waals surface area contributed by atoms with Crippen LogP contribution in [0.3, 0.4) is 0 Å². The van der Waals surface area contributed by atoms with Gasteiger partial charge in [-0.05, 0) is 25.5 Å². The van der Waals surface area contributed by atoms with E-state index < -0.39 is 0 Å². The normalized spacial score (nSPS) is 10.9. The Morgan fingerprint density at radius 3 is 2.85 bits per heavy atom. The lowest BCUT2D eigenvalue weighted by molar-refractivity contribution is 0.134. The van der Waals surface area contributed by atoms with Gasteiger partial charge in [0.1, 0.15) is 0 Å². The number of hydrogen-bond acceptors (Lipinski definition) is 3. The summed E-state index contributed by atoms with van der Waals surface area (Å²) in [5.74, 6) is 4.89. The number of allylic oxidation sites excluding steroid dienone is 1. The van der Waals surface area contributed by atoms with E-state index in [9.17, 15) is 0 Å². The molecule has 0 amide bonds. The zero-order valence-electron chi connectivity index (χ0n) is 8.59. The van der Waals surface area contributed by atoms with Gasteiger partial charge in [0.05, 0.1) is 6.61 Å². The van der Waals surface area contributed by atoms with Crippen molar-refractivity contribution in [2.45, 2.75) is 39.0 Å². The summed E-state index contributed by atoms with van der Waals surface area (Å²) in [4.78, 5) is 4.46. The van der Waals surface area contributed by atoms with Gasteiger partial charge in [-0.3, -0.25) is 0 Å². The van der Waals surface area contributed by atoms with Crippen LogP contribution in [0.4, 0.5) is 0 Å². The quantitative estimate of drug-likeness (QED) is 0.427. The fraction of sp³-hybridized carbons (Fsp3) is 0.800. The summed E-state index contributed by atoms with van der Waals surface area (Å²) >= 11 is 0. The van der Waals surface area contributed by atoms with Crippen LogP contribution < -0.4 is 11.2 Å². The van der Waals surface area contributed by atoms with E-state index in [1.165, 1.54) is 19.3 Å². The lowest BCUT2D eigenvalue weighted by Gasteiger charge is -1.99. The van der Waals surface area contributed by atoms with Crippen molar-refractivity contribution in [3.63, 3.8) is 0 Å². The molecule has 0 aromatic heterocycles. The maximum Gasteiger partial charge on any atom is 0.0679 e. The lowest BCUT2D eigenvalue weighted by Crippen LogP contribution is -2.09. The van der Waals surface area contributed by atoms with Gasteiger partial charge in [-0.25, -0.2) is 5.90 Å². The van der Waals surface area contributed by atoms with Crippen LogP contribution in [0.2, 0.25) is 0 Å². The molecule has 0 aromatic carbocycles. The molecule has 0 aromatic rings. The van der Waals surface area contributed by atoms with E-state index >= 15 is 0 Å². The number of nitrogens with two attached hydrogens (primary N) is 1. The van der Waals surface area contributed by atoms with Gasteiger partial charge in [0.15, 0.2) is 0 Å². The minimum Gasteiger partial charge on any atom is -0.391 e. The summed E-state index contributed by atoms with van der Waals surface area (Å²) in [5.41, 5.74) is 0. The van der Waals surface area contributed by atoms with Gasteiger partial charge in [0, 0.05) is 6.54 Å². The van der Waals surface area contributed by atoms with E-state index in [0.29, 0.717) is 6.61 Å². The minimum atomic E-state index is 0.654. The first-order chi connectivity index (χ1) is 6.41. The highest BCUT2D eigenvalue weighted by atomic mass is 16.6. The Kier molecular flexibility index (Phi) is 11.0. The van der Waals surface area contributed by atoms with E-state index in [4.69, 9.17) is 5.90 Å². The van der Waals surface area contributed by atoms with Crippen molar-refractivity contribution in [1.82, 2.24) is 5.32 Å². The molecule has 3 nitrogen and oxygen atoms in total. The zero-order valence-corrected chi connectivity index (χ0v) is 8.59. The van der Waals surface area contributed by atoms with Crippen molar-refractivity contribution in [3.05, 3.63) is 12.3 Å². The smallest absolute Gasteiger partial charge is 0.0679 e. The van der Waals surface area contributed by atoms with Gasteiger partial charge in [0.25, 0.3) is 0 Å².